The average Bonchev–Trinajstić information content (AvgIpc) is 3.47. The van der Waals surface area contributed by atoms with Gasteiger partial charge in [0.15, 0.2) is 0 Å². The minimum absolute atomic E-state index is 0.0596. The lowest BCUT2D eigenvalue weighted by atomic mass is 9.85. The number of carbonyl (C=O) groups excluding carboxylic acids is 3. The summed E-state index contributed by atoms with van der Waals surface area (Å²) in [7, 11) is 0. The molecule has 1 saturated carbocycles. The summed E-state index contributed by atoms with van der Waals surface area (Å²) >= 11 is 0. The van der Waals surface area contributed by atoms with Crippen LogP contribution in [0.15, 0.2) is 24.4 Å². The van der Waals surface area contributed by atoms with Crippen LogP contribution in [0.4, 0.5) is 22.0 Å². The molecule has 0 N–H and O–H groups in total. The number of carbonyl (C=O) groups is 3. The first-order chi connectivity index (χ1) is 15.4. The van der Waals surface area contributed by atoms with Crippen LogP contribution in [0, 0.1) is 33.8 Å². The van der Waals surface area contributed by atoms with Crippen LogP contribution in [0.5, 0.6) is 0 Å². The molecule has 11 heteroatoms. The molecule has 2 bridgehead atoms. The van der Waals surface area contributed by atoms with Gasteiger partial charge in [-0.05, 0) is 25.2 Å². The third-order valence-electron chi connectivity index (χ3n) is 6.86. The second kappa shape index (κ2) is 7.57. The van der Waals surface area contributed by atoms with Gasteiger partial charge in [0.2, 0.25) is 17.6 Å². The van der Waals surface area contributed by atoms with E-state index in [9.17, 15) is 24.5 Å². The number of hydrogen-bond donors (Lipinski definition) is 0. The molecule has 5 rings (SSSR count). The van der Waals surface area contributed by atoms with E-state index in [0.717, 1.165) is 11.3 Å². The fourth-order valence-corrected chi connectivity index (χ4v) is 5.41. The number of imide groups is 1. The van der Waals surface area contributed by atoms with E-state index in [1.165, 1.54) is 12.3 Å². The number of aromatic nitrogens is 1. The van der Waals surface area contributed by atoms with E-state index in [2.05, 4.69) is 4.98 Å². The third kappa shape index (κ3) is 3.02. The maximum absolute atomic E-state index is 13.0. The Morgan fingerprint density at radius 3 is 2.34 bits per heavy atom. The molecular formula is C21H23N5O6. The Morgan fingerprint density at radius 1 is 1.16 bits per heavy atom. The van der Waals surface area contributed by atoms with Gasteiger partial charge in [-0.2, -0.15) is 0 Å². The monoisotopic (exact) mass is 441 g/mol. The summed E-state index contributed by atoms with van der Waals surface area (Å²) < 4.78 is 5.00. The summed E-state index contributed by atoms with van der Waals surface area (Å²) in [4.78, 5) is 57.8. The van der Waals surface area contributed by atoms with Crippen LogP contribution in [-0.4, -0.2) is 65.5 Å². The van der Waals surface area contributed by atoms with Crippen molar-refractivity contribution in [1.29, 1.82) is 0 Å². The Kier molecular flexibility index (Phi) is 4.83. The van der Waals surface area contributed by atoms with E-state index in [1.807, 2.05) is 12.2 Å². The maximum atomic E-state index is 13.0. The molecule has 0 spiro atoms. The van der Waals surface area contributed by atoms with Crippen LogP contribution in [0.2, 0.25) is 0 Å². The first-order valence-electron chi connectivity index (χ1n) is 10.8. The Bertz CT molecular complexity index is 1000. The minimum Gasteiger partial charge on any atom is -0.450 e. The fourth-order valence-electron chi connectivity index (χ4n) is 5.41. The van der Waals surface area contributed by atoms with Gasteiger partial charge in [0.1, 0.15) is 0 Å². The number of hydrogen-bond acceptors (Lipinski definition) is 8. The van der Waals surface area contributed by atoms with Gasteiger partial charge in [0.05, 0.1) is 35.3 Å². The predicted octanol–water partition coefficient (Wildman–Crippen LogP) is 1.58. The molecule has 2 saturated heterocycles. The lowest BCUT2D eigenvalue weighted by Crippen LogP contribution is -2.49. The number of amides is 3. The van der Waals surface area contributed by atoms with E-state index in [0.29, 0.717) is 26.2 Å². The molecule has 2 aliphatic carbocycles. The molecule has 1 aromatic heterocycles. The van der Waals surface area contributed by atoms with Gasteiger partial charge in [-0.25, -0.2) is 14.7 Å². The Labute approximate surface area is 183 Å². The molecule has 0 radical (unpaired) electrons. The fraction of sp³-hybridized carbons (Fsp3) is 0.524. The summed E-state index contributed by atoms with van der Waals surface area (Å²) in [5.74, 6) is -1.09. The van der Waals surface area contributed by atoms with Crippen molar-refractivity contribution in [2.75, 3.05) is 42.6 Å². The van der Waals surface area contributed by atoms with Gasteiger partial charge in [-0.15, -0.1) is 0 Å². The Hall–Kier alpha value is -3.50. The van der Waals surface area contributed by atoms with Crippen molar-refractivity contribution in [2.45, 2.75) is 13.3 Å². The Balaban J connectivity index is 1.38. The van der Waals surface area contributed by atoms with Gasteiger partial charge in [-0.3, -0.25) is 19.7 Å². The van der Waals surface area contributed by atoms with Crippen molar-refractivity contribution in [1.82, 2.24) is 9.88 Å². The van der Waals surface area contributed by atoms with Gasteiger partial charge >= 0.3 is 11.8 Å². The lowest BCUT2D eigenvalue weighted by molar-refractivity contribution is -0.384. The van der Waals surface area contributed by atoms with Crippen molar-refractivity contribution in [3.8, 4) is 0 Å². The SMILES string of the molecule is CCOC(=O)N1CCN(c2ncc(N3C(=O)C4C(C3=O)[C@H]3C=C[C@@H]4C3)cc2[N+](=O)[O-])CC1. The molecule has 0 aromatic carbocycles. The number of pyridine rings is 1. The highest BCUT2D eigenvalue weighted by atomic mass is 16.6. The molecule has 3 heterocycles. The number of piperazine rings is 1. The van der Waals surface area contributed by atoms with Crippen molar-refractivity contribution in [2.24, 2.45) is 23.7 Å². The van der Waals surface area contributed by atoms with Crippen LogP contribution < -0.4 is 9.80 Å². The molecule has 2 aliphatic heterocycles. The summed E-state index contributed by atoms with van der Waals surface area (Å²) in [6, 6.07) is 1.26. The maximum Gasteiger partial charge on any atom is 0.409 e. The zero-order valence-corrected chi connectivity index (χ0v) is 17.5. The molecular weight excluding hydrogens is 418 g/mol. The van der Waals surface area contributed by atoms with Gasteiger partial charge < -0.3 is 14.5 Å². The normalized spacial score (nSPS) is 28.5. The molecule has 168 valence electrons. The smallest absolute Gasteiger partial charge is 0.409 e. The zero-order chi connectivity index (χ0) is 22.6. The number of nitro groups is 1. The number of fused-ring (bicyclic) bond motifs is 5. The molecule has 4 atom stereocenters. The number of anilines is 2. The van der Waals surface area contributed by atoms with Crippen LogP contribution >= 0.6 is 0 Å². The number of ether oxygens (including phenoxy) is 1. The third-order valence-corrected chi connectivity index (χ3v) is 6.86. The average molecular weight is 441 g/mol. The second-order valence-electron chi connectivity index (χ2n) is 8.48. The zero-order valence-electron chi connectivity index (χ0n) is 17.5. The summed E-state index contributed by atoms with van der Waals surface area (Å²) in [6.45, 7) is 3.41. The standard InChI is InChI=1S/C21H23N5O6/c1-2-32-21(29)24-7-5-23(6-8-24)18-15(26(30)31)10-14(11-22-18)25-19(27)16-12-3-4-13(9-12)17(16)20(25)28/h3-4,10-13,16-17H,2,5-9H2,1H3/t12-,13+,16?,17?. The number of nitrogens with zero attached hydrogens (tertiary/aromatic N) is 5. The Morgan fingerprint density at radius 2 is 1.78 bits per heavy atom. The largest absolute Gasteiger partial charge is 0.450 e. The van der Waals surface area contributed by atoms with Crippen molar-refractivity contribution >= 4 is 35.1 Å². The predicted molar refractivity (Wildman–Crippen MR) is 112 cm³/mol. The van der Waals surface area contributed by atoms with E-state index < -0.39 is 11.0 Å². The molecule has 1 aromatic rings. The molecule has 3 fully saturated rings. The summed E-state index contributed by atoms with van der Waals surface area (Å²) in [5, 5.41) is 11.8. The highest BCUT2D eigenvalue weighted by Crippen LogP contribution is 2.53. The van der Waals surface area contributed by atoms with Crippen LogP contribution in [0.1, 0.15) is 13.3 Å². The summed E-state index contributed by atoms with van der Waals surface area (Å²) in [6.07, 6.45) is 5.76. The van der Waals surface area contributed by atoms with E-state index in [4.69, 9.17) is 4.74 Å². The molecule has 11 nitrogen and oxygen atoms in total. The molecule has 4 aliphatic rings. The highest BCUT2D eigenvalue weighted by molar-refractivity contribution is 6.22. The van der Waals surface area contributed by atoms with Gasteiger partial charge in [0, 0.05) is 32.2 Å². The molecule has 2 unspecified atom stereocenters. The van der Waals surface area contributed by atoms with Crippen molar-refractivity contribution < 1.29 is 24.0 Å². The van der Waals surface area contributed by atoms with Crippen molar-refractivity contribution in [3.05, 3.63) is 34.5 Å². The van der Waals surface area contributed by atoms with Crippen LogP contribution in [-0.2, 0) is 14.3 Å². The first kappa shape index (κ1) is 20.4. The van der Waals surface area contributed by atoms with E-state index in [-0.39, 0.29) is 59.3 Å². The van der Waals surface area contributed by atoms with E-state index >= 15 is 0 Å². The topological polar surface area (TPSA) is 126 Å². The first-order valence-corrected chi connectivity index (χ1v) is 10.8. The molecule has 3 amide bonds. The quantitative estimate of drug-likeness (QED) is 0.298. The second-order valence-corrected chi connectivity index (χ2v) is 8.48. The minimum atomic E-state index is -0.555. The number of allylic oxidation sites excluding steroid dienone is 2. The van der Waals surface area contributed by atoms with Crippen molar-refractivity contribution in [3.63, 3.8) is 0 Å². The van der Waals surface area contributed by atoms with Crippen LogP contribution in [0.25, 0.3) is 0 Å². The van der Waals surface area contributed by atoms with Crippen LogP contribution in [0.3, 0.4) is 0 Å². The summed E-state index contributed by atoms with van der Waals surface area (Å²) in [5.41, 5.74) is -0.139. The van der Waals surface area contributed by atoms with E-state index in [1.54, 1.807) is 16.7 Å². The van der Waals surface area contributed by atoms with Gasteiger partial charge in [0.25, 0.3) is 0 Å². The van der Waals surface area contributed by atoms with Gasteiger partial charge in [-0.1, -0.05) is 12.2 Å². The molecule has 32 heavy (non-hydrogen) atoms. The number of rotatable bonds is 4. The lowest BCUT2D eigenvalue weighted by Gasteiger charge is -2.34. The highest BCUT2D eigenvalue weighted by Gasteiger charge is 2.59.